The first-order valence-electron chi connectivity index (χ1n) is 13.5. The number of Topliss-reactive ketones (excluding diaryl/α,β-unsaturated/α-hetero) is 1. The molecule has 38 heavy (non-hydrogen) atoms. The third-order valence-corrected chi connectivity index (χ3v) is 7.20. The zero-order valence-electron chi connectivity index (χ0n) is 23.8. The second-order valence-corrected chi connectivity index (χ2v) is 10.3. The molecule has 7 nitrogen and oxygen atoms in total. The number of likely N-dealkylation sites (tertiary alicyclic amines) is 1. The third-order valence-electron chi connectivity index (χ3n) is 7.20. The maximum atomic E-state index is 13.4. The van der Waals surface area contributed by atoms with Gasteiger partial charge in [0.2, 0.25) is 0 Å². The van der Waals surface area contributed by atoms with Gasteiger partial charge in [-0.25, -0.2) is 0 Å². The van der Waals surface area contributed by atoms with Crippen LogP contribution in [0.3, 0.4) is 0 Å². The van der Waals surface area contributed by atoms with Crippen LogP contribution in [0, 0.1) is 19.8 Å². The number of aliphatic hydroxyl groups is 1. The highest BCUT2D eigenvalue weighted by Gasteiger charge is 2.46. The highest BCUT2D eigenvalue weighted by Crippen LogP contribution is 2.42. The van der Waals surface area contributed by atoms with E-state index >= 15 is 0 Å². The Kier molecular flexibility index (Phi) is 9.97. The first-order chi connectivity index (χ1) is 18.1. The summed E-state index contributed by atoms with van der Waals surface area (Å²) in [6.07, 6.45) is 0.909. The van der Waals surface area contributed by atoms with Crippen molar-refractivity contribution in [1.82, 2.24) is 9.80 Å². The highest BCUT2D eigenvalue weighted by atomic mass is 16.5. The summed E-state index contributed by atoms with van der Waals surface area (Å²) in [5, 5.41) is 11.5. The van der Waals surface area contributed by atoms with Gasteiger partial charge in [0, 0.05) is 18.7 Å². The Bertz CT molecular complexity index is 1180. The van der Waals surface area contributed by atoms with E-state index in [1.807, 2.05) is 50.2 Å². The van der Waals surface area contributed by atoms with Crippen molar-refractivity contribution >= 4 is 17.4 Å². The molecule has 0 aliphatic carbocycles. The van der Waals surface area contributed by atoms with E-state index in [1.54, 1.807) is 12.0 Å². The van der Waals surface area contributed by atoms with E-state index in [9.17, 15) is 14.7 Å². The van der Waals surface area contributed by atoms with Crippen LogP contribution in [0.25, 0.3) is 5.76 Å². The molecule has 0 radical (unpaired) electrons. The van der Waals surface area contributed by atoms with Crippen LogP contribution in [0.4, 0.5) is 0 Å². The van der Waals surface area contributed by atoms with E-state index in [1.165, 1.54) is 0 Å². The predicted octanol–water partition coefficient (Wildman–Crippen LogP) is 5.50. The van der Waals surface area contributed by atoms with E-state index in [0.29, 0.717) is 48.2 Å². The van der Waals surface area contributed by atoms with E-state index < -0.39 is 17.7 Å². The maximum absolute atomic E-state index is 13.4. The van der Waals surface area contributed by atoms with Crippen molar-refractivity contribution in [3.63, 3.8) is 0 Å². The van der Waals surface area contributed by atoms with Gasteiger partial charge in [0.1, 0.15) is 5.76 Å². The Morgan fingerprint density at radius 3 is 2.39 bits per heavy atom. The number of benzene rings is 2. The topological polar surface area (TPSA) is 79.3 Å². The molecule has 1 saturated heterocycles. The van der Waals surface area contributed by atoms with Crippen molar-refractivity contribution in [2.24, 2.45) is 5.92 Å². The number of nitrogens with zero attached hydrogens (tertiary/aromatic N) is 2. The quantitative estimate of drug-likeness (QED) is 0.225. The van der Waals surface area contributed by atoms with Gasteiger partial charge in [-0.05, 0) is 68.6 Å². The molecular weight excluding hydrogens is 480 g/mol. The molecule has 1 N–H and O–H groups in total. The minimum atomic E-state index is -0.746. The summed E-state index contributed by atoms with van der Waals surface area (Å²) in [5.41, 5.74) is 3.11. The highest BCUT2D eigenvalue weighted by molar-refractivity contribution is 6.46. The lowest BCUT2D eigenvalue weighted by Crippen LogP contribution is -2.38. The first kappa shape index (κ1) is 29.2. The van der Waals surface area contributed by atoms with E-state index in [0.717, 1.165) is 30.6 Å². The van der Waals surface area contributed by atoms with Gasteiger partial charge in [-0.3, -0.25) is 9.59 Å². The lowest BCUT2D eigenvalue weighted by molar-refractivity contribution is -0.140. The molecule has 2 aromatic carbocycles. The van der Waals surface area contributed by atoms with Crippen LogP contribution in [-0.2, 0) is 9.59 Å². The minimum absolute atomic E-state index is 0.0961. The number of aliphatic hydroxyl groups excluding tert-OH is 1. The molecule has 1 atom stereocenters. The summed E-state index contributed by atoms with van der Waals surface area (Å²) in [4.78, 5) is 30.6. The second kappa shape index (κ2) is 13.0. The molecule has 1 aliphatic heterocycles. The molecule has 1 amide bonds. The summed E-state index contributed by atoms with van der Waals surface area (Å²) >= 11 is 0. The molecule has 1 aliphatic rings. The van der Waals surface area contributed by atoms with Gasteiger partial charge in [-0.1, -0.05) is 51.5 Å². The number of rotatable bonds is 12. The van der Waals surface area contributed by atoms with Gasteiger partial charge in [0.15, 0.2) is 11.5 Å². The van der Waals surface area contributed by atoms with Crippen LogP contribution in [0.15, 0.2) is 42.0 Å². The predicted molar refractivity (Wildman–Crippen MR) is 151 cm³/mol. The van der Waals surface area contributed by atoms with Crippen LogP contribution in [0.1, 0.15) is 62.4 Å². The molecule has 7 heteroatoms. The molecular formula is C31H42N2O5. The van der Waals surface area contributed by atoms with Crippen molar-refractivity contribution in [1.29, 1.82) is 0 Å². The van der Waals surface area contributed by atoms with Gasteiger partial charge >= 0.3 is 0 Å². The number of ketones is 1. The SMILES string of the molecule is CCN(CC)CCN1C(=O)C(=O)/C(=C(/O)c2cc(C)ccc2C)C1c1ccc(OCCC(C)C)c(OC)c1. The molecule has 0 aromatic heterocycles. The van der Waals surface area contributed by atoms with Crippen molar-refractivity contribution in [3.05, 3.63) is 64.2 Å². The van der Waals surface area contributed by atoms with Crippen LogP contribution in [0.2, 0.25) is 0 Å². The van der Waals surface area contributed by atoms with Crippen molar-refractivity contribution in [3.8, 4) is 11.5 Å². The van der Waals surface area contributed by atoms with Crippen LogP contribution in [-0.4, -0.2) is 66.5 Å². The zero-order valence-corrected chi connectivity index (χ0v) is 23.8. The van der Waals surface area contributed by atoms with Crippen molar-refractivity contribution < 1.29 is 24.2 Å². The zero-order chi connectivity index (χ0) is 28.0. The fourth-order valence-corrected chi connectivity index (χ4v) is 4.76. The minimum Gasteiger partial charge on any atom is -0.507 e. The van der Waals surface area contributed by atoms with Gasteiger partial charge < -0.3 is 24.4 Å². The molecule has 3 rings (SSSR count). The molecule has 1 unspecified atom stereocenters. The maximum Gasteiger partial charge on any atom is 0.295 e. The number of amides is 1. The molecule has 1 fully saturated rings. The number of carbonyl (C=O) groups excluding carboxylic acids is 2. The summed E-state index contributed by atoms with van der Waals surface area (Å²) in [6.45, 7) is 15.4. The Hall–Kier alpha value is -3.32. The lowest BCUT2D eigenvalue weighted by atomic mass is 9.93. The summed E-state index contributed by atoms with van der Waals surface area (Å²) in [7, 11) is 1.57. The van der Waals surface area contributed by atoms with Crippen LogP contribution in [0.5, 0.6) is 11.5 Å². The number of ether oxygens (including phenoxy) is 2. The molecule has 206 valence electrons. The van der Waals surface area contributed by atoms with E-state index in [-0.39, 0.29) is 11.3 Å². The molecule has 0 bridgehead atoms. The molecule has 1 heterocycles. The number of carbonyl (C=O) groups is 2. The number of aryl methyl sites for hydroxylation is 2. The summed E-state index contributed by atoms with van der Waals surface area (Å²) < 4.78 is 11.6. The average molecular weight is 523 g/mol. The number of methoxy groups -OCH3 is 1. The van der Waals surface area contributed by atoms with Crippen molar-refractivity contribution in [2.45, 2.75) is 54.0 Å². The number of hydrogen-bond donors (Lipinski definition) is 1. The van der Waals surface area contributed by atoms with E-state index in [4.69, 9.17) is 9.47 Å². The fourth-order valence-electron chi connectivity index (χ4n) is 4.76. The fraction of sp³-hybridized carbons (Fsp3) is 0.484. The van der Waals surface area contributed by atoms with Gasteiger partial charge in [0.25, 0.3) is 11.7 Å². The Morgan fingerprint density at radius 2 is 1.76 bits per heavy atom. The Balaban J connectivity index is 2.12. The third kappa shape index (κ3) is 6.38. The normalized spacial score (nSPS) is 17.1. The Labute approximate surface area is 227 Å². The largest absolute Gasteiger partial charge is 0.507 e. The van der Waals surface area contributed by atoms with Crippen LogP contribution >= 0.6 is 0 Å². The smallest absolute Gasteiger partial charge is 0.295 e. The monoisotopic (exact) mass is 522 g/mol. The first-order valence-corrected chi connectivity index (χ1v) is 13.5. The molecule has 0 saturated carbocycles. The summed E-state index contributed by atoms with van der Waals surface area (Å²) in [5.74, 6) is 0.195. The van der Waals surface area contributed by atoms with Gasteiger partial charge in [-0.2, -0.15) is 0 Å². The number of hydrogen-bond acceptors (Lipinski definition) is 6. The summed E-state index contributed by atoms with van der Waals surface area (Å²) in [6, 6.07) is 10.4. The standard InChI is InChI=1S/C31H42N2O5/c1-8-32(9-2)15-16-33-28(23-12-13-25(26(19-23)37-7)38-17-14-20(3)4)27(30(35)31(33)36)29(34)24-18-21(5)10-11-22(24)6/h10-13,18-20,28,34H,8-9,14-17H2,1-7H3/b29-27+. The Morgan fingerprint density at radius 1 is 1.05 bits per heavy atom. The van der Waals surface area contributed by atoms with Crippen molar-refractivity contribution in [2.75, 3.05) is 39.9 Å². The van der Waals surface area contributed by atoms with Gasteiger partial charge in [0.05, 0.1) is 25.3 Å². The second-order valence-electron chi connectivity index (χ2n) is 10.3. The lowest BCUT2D eigenvalue weighted by Gasteiger charge is -2.28. The van der Waals surface area contributed by atoms with Gasteiger partial charge in [-0.15, -0.1) is 0 Å². The van der Waals surface area contributed by atoms with E-state index in [2.05, 4.69) is 32.6 Å². The van der Waals surface area contributed by atoms with Crippen LogP contribution < -0.4 is 9.47 Å². The molecule has 0 spiro atoms. The average Bonchev–Trinajstić information content (AvgIpc) is 3.15. The molecule has 2 aromatic rings. The number of likely N-dealkylation sites (N-methyl/N-ethyl adjacent to an activating group) is 1.